The standard InChI is InChI=1S/C16H20N2O3/c1-9-4-10(2)16-14(5-9)13(11(3)17-16)6-15(20)18-7-12(19)8-21-18/h4-5,12,17,19H,6-8H2,1-3H3/t12-/m1/s1. The van der Waals surface area contributed by atoms with Crippen molar-refractivity contribution in [2.45, 2.75) is 33.3 Å². The average Bonchev–Trinajstić information content (AvgIpc) is 2.96. The highest BCUT2D eigenvalue weighted by Crippen LogP contribution is 2.27. The van der Waals surface area contributed by atoms with Crippen LogP contribution < -0.4 is 0 Å². The summed E-state index contributed by atoms with van der Waals surface area (Å²) in [6, 6.07) is 4.23. The number of rotatable bonds is 2. The molecule has 0 radical (unpaired) electrons. The van der Waals surface area contributed by atoms with E-state index < -0.39 is 6.10 Å². The van der Waals surface area contributed by atoms with Gasteiger partial charge in [-0.3, -0.25) is 9.63 Å². The molecule has 1 aromatic heterocycles. The minimum absolute atomic E-state index is 0.116. The Morgan fingerprint density at radius 1 is 1.43 bits per heavy atom. The van der Waals surface area contributed by atoms with Crippen LogP contribution >= 0.6 is 0 Å². The summed E-state index contributed by atoms with van der Waals surface area (Å²) in [5, 5.41) is 11.8. The Morgan fingerprint density at radius 3 is 2.86 bits per heavy atom. The van der Waals surface area contributed by atoms with Gasteiger partial charge in [0.05, 0.1) is 19.1 Å². The summed E-state index contributed by atoms with van der Waals surface area (Å²) in [7, 11) is 0. The van der Waals surface area contributed by atoms with Gasteiger partial charge in [-0.15, -0.1) is 0 Å². The lowest BCUT2D eigenvalue weighted by molar-refractivity contribution is -0.167. The molecule has 0 saturated carbocycles. The van der Waals surface area contributed by atoms with E-state index in [2.05, 4.69) is 31.0 Å². The molecule has 0 spiro atoms. The van der Waals surface area contributed by atoms with Crippen LogP contribution in [0.25, 0.3) is 10.9 Å². The van der Waals surface area contributed by atoms with E-state index in [0.29, 0.717) is 0 Å². The molecular formula is C16H20N2O3. The van der Waals surface area contributed by atoms with Crippen LogP contribution in [-0.4, -0.2) is 40.3 Å². The predicted octanol–water partition coefficient (Wildman–Crippen LogP) is 1.77. The van der Waals surface area contributed by atoms with E-state index in [4.69, 9.17) is 4.84 Å². The van der Waals surface area contributed by atoms with Crippen molar-refractivity contribution in [3.05, 3.63) is 34.5 Å². The molecule has 0 unspecified atom stereocenters. The summed E-state index contributed by atoms with van der Waals surface area (Å²) in [5.41, 5.74) is 5.46. The Hall–Kier alpha value is -1.85. The molecule has 1 saturated heterocycles. The van der Waals surface area contributed by atoms with Gasteiger partial charge in [-0.1, -0.05) is 11.6 Å². The first-order chi connectivity index (χ1) is 9.95. The van der Waals surface area contributed by atoms with Gasteiger partial charge >= 0.3 is 0 Å². The fourth-order valence-electron chi connectivity index (χ4n) is 2.95. The lowest BCUT2D eigenvalue weighted by Gasteiger charge is -2.13. The second kappa shape index (κ2) is 5.16. The van der Waals surface area contributed by atoms with Crippen LogP contribution in [-0.2, 0) is 16.1 Å². The van der Waals surface area contributed by atoms with Crippen molar-refractivity contribution in [2.75, 3.05) is 13.2 Å². The number of nitrogens with zero attached hydrogens (tertiary/aromatic N) is 1. The molecule has 3 rings (SSSR count). The second-order valence-corrected chi connectivity index (χ2v) is 5.81. The van der Waals surface area contributed by atoms with Gasteiger partial charge in [0.2, 0.25) is 0 Å². The minimum Gasteiger partial charge on any atom is -0.389 e. The first-order valence-electron chi connectivity index (χ1n) is 7.15. The fraction of sp³-hybridized carbons (Fsp3) is 0.438. The molecule has 1 aliphatic rings. The second-order valence-electron chi connectivity index (χ2n) is 5.81. The number of H-pyrrole nitrogens is 1. The van der Waals surface area contributed by atoms with Crippen LogP contribution in [0.5, 0.6) is 0 Å². The van der Waals surface area contributed by atoms with Gasteiger partial charge in [-0.05, 0) is 38.0 Å². The molecule has 5 heteroatoms. The van der Waals surface area contributed by atoms with E-state index in [-0.39, 0.29) is 25.5 Å². The highest BCUT2D eigenvalue weighted by Gasteiger charge is 2.27. The number of hydrogen-bond donors (Lipinski definition) is 2. The van der Waals surface area contributed by atoms with Crippen LogP contribution in [0.2, 0.25) is 0 Å². The number of carbonyl (C=O) groups excluding carboxylic acids is 1. The zero-order valence-corrected chi connectivity index (χ0v) is 12.6. The number of hydrogen-bond acceptors (Lipinski definition) is 3. The molecule has 0 aliphatic carbocycles. The van der Waals surface area contributed by atoms with Crippen LogP contribution in [0.1, 0.15) is 22.4 Å². The topological polar surface area (TPSA) is 65.6 Å². The largest absolute Gasteiger partial charge is 0.389 e. The molecule has 1 aliphatic heterocycles. The van der Waals surface area contributed by atoms with Crippen LogP contribution in [0.4, 0.5) is 0 Å². The number of carbonyl (C=O) groups is 1. The summed E-state index contributed by atoms with van der Waals surface area (Å²) in [6.07, 6.45) is -0.302. The first kappa shape index (κ1) is 14.1. The molecule has 112 valence electrons. The summed E-state index contributed by atoms with van der Waals surface area (Å²) in [4.78, 5) is 20.9. The monoisotopic (exact) mass is 288 g/mol. The maximum Gasteiger partial charge on any atom is 0.250 e. The van der Waals surface area contributed by atoms with Crippen molar-refractivity contribution in [1.29, 1.82) is 0 Å². The normalized spacial score (nSPS) is 18.7. The smallest absolute Gasteiger partial charge is 0.250 e. The van der Waals surface area contributed by atoms with Crippen molar-refractivity contribution in [3.63, 3.8) is 0 Å². The Balaban J connectivity index is 1.93. The van der Waals surface area contributed by atoms with Gasteiger partial charge < -0.3 is 10.1 Å². The lowest BCUT2D eigenvalue weighted by Crippen LogP contribution is -2.29. The lowest BCUT2D eigenvalue weighted by atomic mass is 10.0. The third-order valence-electron chi connectivity index (χ3n) is 3.98. The third-order valence-corrected chi connectivity index (χ3v) is 3.98. The Labute approximate surface area is 123 Å². The zero-order chi connectivity index (χ0) is 15.1. The molecule has 1 amide bonds. The number of aliphatic hydroxyl groups excluding tert-OH is 1. The number of aromatic nitrogens is 1. The first-order valence-corrected chi connectivity index (χ1v) is 7.15. The van der Waals surface area contributed by atoms with E-state index in [1.54, 1.807) is 0 Å². The number of benzene rings is 1. The van der Waals surface area contributed by atoms with Crippen molar-refractivity contribution in [3.8, 4) is 0 Å². The zero-order valence-electron chi connectivity index (χ0n) is 12.6. The van der Waals surface area contributed by atoms with E-state index in [0.717, 1.165) is 22.2 Å². The van der Waals surface area contributed by atoms with Crippen molar-refractivity contribution in [2.24, 2.45) is 0 Å². The van der Waals surface area contributed by atoms with E-state index in [1.807, 2.05) is 6.92 Å². The molecule has 1 aromatic carbocycles. The van der Waals surface area contributed by atoms with Gasteiger partial charge in [-0.2, -0.15) is 0 Å². The summed E-state index contributed by atoms with van der Waals surface area (Å²) in [5.74, 6) is -0.116. The van der Waals surface area contributed by atoms with Gasteiger partial charge in [0.25, 0.3) is 5.91 Å². The third kappa shape index (κ3) is 2.54. The highest BCUT2D eigenvalue weighted by molar-refractivity contribution is 5.92. The minimum atomic E-state index is -0.581. The Morgan fingerprint density at radius 2 is 2.19 bits per heavy atom. The summed E-state index contributed by atoms with van der Waals surface area (Å²) in [6.45, 7) is 6.54. The average molecular weight is 288 g/mol. The molecular weight excluding hydrogens is 268 g/mol. The van der Waals surface area contributed by atoms with Gasteiger partial charge in [0.15, 0.2) is 0 Å². The molecule has 2 N–H and O–H groups in total. The maximum absolute atomic E-state index is 12.3. The number of nitrogens with one attached hydrogen (secondary N) is 1. The number of aryl methyl sites for hydroxylation is 3. The molecule has 1 fully saturated rings. The summed E-state index contributed by atoms with van der Waals surface area (Å²) >= 11 is 0. The molecule has 0 bridgehead atoms. The van der Waals surface area contributed by atoms with Crippen molar-refractivity contribution in [1.82, 2.24) is 10.0 Å². The fourth-order valence-corrected chi connectivity index (χ4v) is 2.95. The quantitative estimate of drug-likeness (QED) is 0.885. The Kier molecular flexibility index (Phi) is 3.47. The van der Waals surface area contributed by atoms with Gasteiger partial charge in [0, 0.05) is 16.6 Å². The number of amides is 1. The van der Waals surface area contributed by atoms with Gasteiger partial charge in [-0.25, -0.2) is 5.06 Å². The molecule has 5 nitrogen and oxygen atoms in total. The van der Waals surface area contributed by atoms with Crippen LogP contribution in [0.15, 0.2) is 12.1 Å². The van der Waals surface area contributed by atoms with Crippen molar-refractivity contribution >= 4 is 16.8 Å². The molecule has 2 heterocycles. The number of aromatic amines is 1. The number of β-amino-alcohol motifs (C(OH)–C–C–N with tert-alkyl or cyclic N) is 1. The highest BCUT2D eigenvalue weighted by atomic mass is 16.7. The van der Waals surface area contributed by atoms with E-state index >= 15 is 0 Å². The molecule has 2 aromatic rings. The number of hydroxylamine groups is 2. The number of aliphatic hydroxyl groups is 1. The van der Waals surface area contributed by atoms with Crippen LogP contribution in [0.3, 0.4) is 0 Å². The SMILES string of the molecule is Cc1cc(C)c2[nH]c(C)c(CC(=O)N3C[C@@H](O)CO3)c2c1. The van der Waals surface area contributed by atoms with E-state index in [9.17, 15) is 9.90 Å². The molecule has 1 atom stereocenters. The van der Waals surface area contributed by atoms with Gasteiger partial charge in [0.1, 0.15) is 6.61 Å². The summed E-state index contributed by atoms with van der Waals surface area (Å²) < 4.78 is 0. The van der Waals surface area contributed by atoms with E-state index in [1.165, 1.54) is 16.2 Å². The maximum atomic E-state index is 12.3. The van der Waals surface area contributed by atoms with Crippen LogP contribution in [0, 0.1) is 20.8 Å². The number of fused-ring (bicyclic) bond motifs is 1. The predicted molar refractivity (Wildman–Crippen MR) is 79.9 cm³/mol. The van der Waals surface area contributed by atoms with Crippen molar-refractivity contribution < 1.29 is 14.7 Å². The molecule has 21 heavy (non-hydrogen) atoms. The Bertz CT molecular complexity index is 705.